The molecule has 0 rings (SSSR count). The number of hydrogen-bond acceptors (Lipinski definition) is 3. The van der Waals surface area contributed by atoms with Crippen LogP contribution in [0.15, 0.2) is 21.7 Å². The maximum Gasteiger partial charge on any atom is 0.404 e. The van der Waals surface area contributed by atoms with E-state index in [0.29, 0.717) is 15.6 Å². The van der Waals surface area contributed by atoms with Crippen LogP contribution in [0.1, 0.15) is 20.8 Å². The van der Waals surface area contributed by atoms with E-state index in [1.807, 2.05) is 0 Å². The minimum absolute atomic E-state index is 0.376. The fraction of sp³-hybridized carbons (Fsp3) is 0.545. The smallest absolute Gasteiger partial charge is 0.404 e. The molecule has 0 aliphatic carbocycles. The van der Waals surface area contributed by atoms with Crippen LogP contribution in [0.2, 0.25) is 0 Å². The Morgan fingerprint density at radius 2 is 1.94 bits per heavy atom. The van der Waals surface area contributed by atoms with Crippen LogP contribution < -0.4 is 5.73 Å². The number of nitrogens with two attached hydrogens (primary N) is 1. The summed E-state index contributed by atoms with van der Waals surface area (Å²) in [5, 5.41) is 0.790. The third-order valence-electron chi connectivity index (χ3n) is 2.22. The first-order chi connectivity index (χ1) is 7.84. The lowest BCUT2D eigenvalue weighted by atomic mass is 10.1. The van der Waals surface area contributed by atoms with Crippen molar-refractivity contribution in [2.24, 2.45) is 5.73 Å². The predicted octanol–water partition coefficient (Wildman–Crippen LogP) is 3.14. The van der Waals surface area contributed by atoms with Crippen LogP contribution in [-0.2, 0) is 9.47 Å². The summed E-state index contributed by atoms with van der Waals surface area (Å²) in [4.78, 5) is 10.7. The van der Waals surface area contributed by atoms with E-state index in [-0.39, 0.29) is 0 Å². The van der Waals surface area contributed by atoms with E-state index in [1.54, 1.807) is 26.8 Å². The molecule has 0 aliphatic rings. The highest BCUT2D eigenvalue weighted by Gasteiger charge is 2.24. The van der Waals surface area contributed by atoms with Crippen molar-refractivity contribution >= 4 is 29.3 Å². The van der Waals surface area contributed by atoms with Gasteiger partial charge in [-0.1, -0.05) is 29.3 Å². The van der Waals surface area contributed by atoms with Gasteiger partial charge in [-0.2, -0.15) is 0 Å². The van der Waals surface area contributed by atoms with E-state index >= 15 is 0 Å². The Kier molecular flexibility index (Phi) is 7.27. The second-order valence-corrected chi connectivity index (χ2v) is 4.22. The first-order valence-corrected chi connectivity index (χ1v) is 5.78. The Balaban J connectivity index is 5.06. The number of allylic oxidation sites excluding steroid dienone is 3. The van der Waals surface area contributed by atoms with E-state index in [9.17, 15) is 4.79 Å². The Hall–Kier alpha value is -0.710. The van der Waals surface area contributed by atoms with Gasteiger partial charge in [-0.25, -0.2) is 4.79 Å². The highest BCUT2D eigenvalue weighted by atomic mass is 35.5. The van der Waals surface area contributed by atoms with E-state index in [1.165, 1.54) is 7.11 Å². The Labute approximate surface area is 111 Å². The monoisotopic (exact) mass is 281 g/mol. The summed E-state index contributed by atoms with van der Waals surface area (Å²) in [6, 6.07) is 0. The molecule has 0 aromatic carbocycles. The van der Waals surface area contributed by atoms with Gasteiger partial charge in [0.25, 0.3) is 0 Å². The second kappa shape index (κ2) is 7.58. The van der Waals surface area contributed by atoms with E-state index < -0.39 is 18.3 Å². The van der Waals surface area contributed by atoms with Crippen molar-refractivity contribution in [3.8, 4) is 0 Å². The third kappa shape index (κ3) is 4.98. The molecule has 0 heterocycles. The Bertz CT molecular complexity index is 340. The molecule has 0 radical (unpaired) electrons. The van der Waals surface area contributed by atoms with Gasteiger partial charge in [-0.05, 0) is 26.3 Å². The number of halogens is 2. The molecule has 17 heavy (non-hydrogen) atoms. The lowest BCUT2D eigenvalue weighted by molar-refractivity contribution is 0.00900. The van der Waals surface area contributed by atoms with E-state index in [2.05, 4.69) is 0 Å². The van der Waals surface area contributed by atoms with Crippen molar-refractivity contribution in [3.05, 3.63) is 21.7 Å². The van der Waals surface area contributed by atoms with Crippen LogP contribution in [0.5, 0.6) is 0 Å². The van der Waals surface area contributed by atoms with E-state index in [0.717, 1.165) is 0 Å². The lowest BCUT2D eigenvalue weighted by Crippen LogP contribution is -2.33. The summed E-state index contributed by atoms with van der Waals surface area (Å²) in [7, 11) is 1.49. The fourth-order valence-corrected chi connectivity index (χ4v) is 1.77. The van der Waals surface area contributed by atoms with Gasteiger partial charge in [0.15, 0.2) is 0 Å². The number of ether oxygens (including phenoxy) is 2. The van der Waals surface area contributed by atoms with Crippen LogP contribution in [0.4, 0.5) is 4.79 Å². The summed E-state index contributed by atoms with van der Waals surface area (Å²) in [6.07, 6.45) is -0.239. The molecular formula is C11H17Cl2NO3. The summed E-state index contributed by atoms with van der Waals surface area (Å²) < 4.78 is 10.1. The van der Waals surface area contributed by atoms with Gasteiger partial charge in [-0.3, -0.25) is 0 Å². The minimum atomic E-state index is -0.861. The maximum absolute atomic E-state index is 10.7. The molecular weight excluding hydrogens is 265 g/mol. The fourth-order valence-electron chi connectivity index (χ4n) is 1.41. The summed E-state index contributed by atoms with van der Waals surface area (Å²) >= 11 is 12.0. The molecule has 0 saturated carbocycles. The molecule has 0 aromatic heterocycles. The van der Waals surface area contributed by atoms with E-state index in [4.69, 9.17) is 38.4 Å². The summed E-state index contributed by atoms with van der Waals surface area (Å²) in [5.74, 6) is 0. The zero-order chi connectivity index (χ0) is 13.6. The molecule has 1 amide bonds. The Morgan fingerprint density at radius 1 is 1.41 bits per heavy atom. The molecule has 0 fully saturated rings. The van der Waals surface area contributed by atoms with Crippen molar-refractivity contribution in [1.82, 2.24) is 0 Å². The van der Waals surface area contributed by atoms with Crippen molar-refractivity contribution in [1.29, 1.82) is 0 Å². The number of carbonyl (C=O) groups is 1. The van der Waals surface area contributed by atoms with Crippen LogP contribution in [0.3, 0.4) is 0 Å². The van der Waals surface area contributed by atoms with Crippen molar-refractivity contribution in [3.63, 3.8) is 0 Å². The molecule has 6 heteroatoms. The van der Waals surface area contributed by atoms with Crippen LogP contribution >= 0.6 is 23.2 Å². The molecule has 0 spiro atoms. The average Bonchev–Trinajstić information content (AvgIpc) is 2.26. The number of amides is 1. The van der Waals surface area contributed by atoms with Crippen LogP contribution in [0, 0.1) is 0 Å². The molecule has 0 bridgehead atoms. The van der Waals surface area contributed by atoms with Crippen molar-refractivity contribution in [2.45, 2.75) is 33.0 Å². The number of carbonyl (C=O) groups excluding carboxylic acids is 1. The third-order valence-corrected chi connectivity index (χ3v) is 3.22. The van der Waals surface area contributed by atoms with Crippen molar-refractivity contribution < 1.29 is 14.3 Å². The molecule has 0 aliphatic heterocycles. The standard InChI is InChI=1S/C11H17Cl2NO3/c1-5-8(12)9(13)6(2)10(16-4)7(3)17-11(14)15/h5,7,10H,1-4H3,(H2,14,15)/b8-5+,9-6-/t7-,10-/m1/s1. The number of primary amides is 1. The molecule has 4 nitrogen and oxygen atoms in total. The highest BCUT2D eigenvalue weighted by molar-refractivity contribution is 6.44. The lowest BCUT2D eigenvalue weighted by Gasteiger charge is -2.23. The quantitative estimate of drug-likeness (QED) is 0.788. The van der Waals surface area contributed by atoms with Gasteiger partial charge >= 0.3 is 6.09 Å². The highest BCUT2D eigenvalue weighted by Crippen LogP contribution is 2.27. The number of rotatable bonds is 5. The molecule has 2 atom stereocenters. The summed E-state index contributed by atoms with van der Waals surface area (Å²) in [5.41, 5.74) is 5.62. The van der Waals surface area contributed by atoms with Gasteiger partial charge in [0.2, 0.25) is 0 Å². The van der Waals surface area contributed by atoms with Gasteiger partial charge in [0.1, 0.15) is 12.2 Å². The molecule has 0 unspecified atom stereocenters. The SMILES string of the molecule is C/C=C(Cl)\C(Cl)=C(/C)[C@@H](OC)[C@@H](C)OC(N)=O. The van der Waals surface area contributed by atoms with Gasteiger partial charge < -0.3 is 15.2 Å². The normalized spacial score (nSPS) is 17.2. The largest absolute Gasteiger partial charge is 0.444 e. The topological polar surface area (TPSA) is 61.6 Å². The molecule has 98 valence electrons. The van der Waals surface area contributed by atoms with Gasteiger partial charge in [0, 0.05) is 7.11 Å². The molecule has 0 aromatic rings. The first-order valence-electron chi connectivity index (χ1n) is 5.02. The van der Waals surface area contributed by atoms with Gasteiger partial charge in [-0.15, -0.1) is 0 Å². The average molecular weight is 282 g/mol. The van der Waals surface area contributed by atoms with Gasteiger partial charge in [0.05, 0.1) is 10.1 Å². The predicted molar refractivity (Wildman–Crippen MR) is 69.1 cm³/mol. The zero-order valence-corrected chi connectivity index (χ0v) is 11.8. The summed E-state index contributed by atoms with van der Waals surface area (Å²) in [6.45, 7) is 5.18. The maximum atomic E-state index is 10.7. The molecule has 2 N–H and O–H groups in total. The molecule has 0 saturated heterocycles. The first kappa shape index (κ1) is 16.3. The van der Waals surface area contributed by atoms with Crippen molar-refractivity contribution in [2.75, 3.05) is 7.11 Å². The minimum Gasteiger partial charge on any atom is -0.444 e. The second-order valence-electron chi connectivity index (χ2n) is 3.43. The van der Waals surface area contributed by atoms with Crippen LogP contribution in [0.25, 0.3) is 0 Å². The zero-order valence-electron chi connectivity index (χ0n) is 10.3. The Morgan fingerprint density at radius 3 is 2.29 bits per heavy atom. The number of hydrogen-bond donors (Lipinski definition) is 1. The number of methoxy groups -OCH3 is 1. The van der Waals surface area contributed by atoms with Crippen LogP contribution in [-0.4, -0.2) is 25.4 Å².